The van der Waals surface area contributed by atoms with E-state index in [1.165, 1.54) is 51.7 Å². The van der Waals surface area contributed by atoms with Crippen LogP contribution >= 0.6 is 0 Å². The molecule has 1 rings (SSSR count). The number of ketones is 1. The SMILES string of the molecule is CC(=O)CCCCCN1CCCCC1. The minimum Gasteiger partial charge on any atom is -0.303 e. The lowest BCUT2D eigenvalue weighted by Crippen LogP contribution is -2.30. The Morgan fingerprint density at radius 1 is 1.07 bits per heavy atom. The minimum absolute atomic E-state index is 0.336. The summed E-state index contributed by atoms with van der Waals surface area (Å²) in [5, 5.41) is 0. The van der Waals surface area contributed by atoms with Gasteiger partial charge in [-0.2, -0.15) is 0 Å². The monoisotopic (exact) mass is 197 g/mol. The third kappa shape index (κ3) is 5.38. The summed E-state index contributed by atoms with van der Waals surface area (Å²) in [4.78, 5) is 13.3. The van der Waals surface area contributed by atoms with Crippen LogP contribution in [0.3, 0.4) is 0 Å². The number of carbonyl (C=O) groups excluding carboxylic acids is 1. The summed E-state index contributed by atoms with van der Waals surface area (Å²) < 4.78 is 0. The highest BCUT2D eigenvalue weighted by Gasteiger charge is 2.08. The number of likely N-dealkylation sites (tertiary alicyclic amines) is 1. The highest BCUT2D eigenvalue weighted by atomic mass is 16.1. The number of hydrogen-bond acceptors (Lipinski definition) is 2. The molecule has 0 radical (unpaired) electrons. The van der Waals surface area contributed by atoms with E-state index in [-0.39, 0.29) is 0 Å². The third-order valence-electron chi connectivity index (χ3n) is 2.95. The van der Waals surface area contributed by atoms with Gasteiger partial charge in [0.2, 0.25) is 0 Å². The Bertz CT molecular complexity index is 162. The van der Waals surface area contributed by atoms with Crippen molar-refractivity contribution in [2.24, 2.45) is 0 Å². The molecule has 2 heteroatoms. The van der Waals surface area contributed by atoms with Crippen molar-refractivity contribution in [3.05, 3.63) is 0 Å². The fourth-order valence-corrected chi connectivity index (χ4v) is 2.07. The molecular weight excluding hydrogens is 174 g/mol. The van der Waals surface area contributed by atoms with Crippen LogP contribution in [0.25, 0.3) is 0 Å². The molecule has 0 saturated carbocycles. The van der Waals surface area contributed by atoms with Gasteiger partial charge in [0.25, 0.3) is 0 Å². The molecule has 0 aromatic carbocycles. The number of nitrogens with zero attached hydrogens (tertiary/aromatic N) is 1. The van der Waals surface area contributed by atoms with Crippen LogP contribution in [-0.4, -0.2) is 30.3 Å². The lowest BCUT2D eigenvalue weighted by molar-refractivity contribution is -0.117. The summed E-state index contributed by atoms with van der Waals surface area (Å²) in [5.74, 6) is 0.336. The van der Waals surface area contributed by atoms with E-state index in [0.29, 0.717) is 5.78 Å². The van der Waals surface area contributed by atoms with Crippen LogP contribution in [0.1, 0.15) is 51.9 Å². The lowest BCUT2D eigenvalue weighted by Gasteiger charge is -2.26. The third-order valence-corrected chi connectivity index (χ3v) is 2.95. The Labute approximate surface area is 87.7 Å². The number of unbranched alkanes of at least 4 members (excludes halogenated alkanes) is 2. The van der Waals surface area contributed by atoms with Crippen LogP contribution in [0.5, 0.6) is 0 Å². The van der Waals surface area contributed by atoms with E-state index in [1.807, 2.05) is 0 Å². The van der Waals surface area contributed by atoms with Crippen LogP contribution in [-0.2, 0) is 4.79 Å². The molecule has 82 valence electrons. The number of Topliss-reactive ketones (excluding diaryl/α,β-unsaturated/α-hetero) is 1. The van der Waals surface area contributed by atoms with E-state index in [9.17, 15) is 4.79 Å². The molecule has 0 atom stereocenters. The molecule has 0 aromatic rings. The Balaban J connectivity index is 1.90. The zero-order valence-corrected chi connectivity index (χ0v) is 9.43. The van der Waals surface area contributed by atoms with Gasteiger partial charge in [-0.1, -0.05) is 12.8 Å². The standard InChI is InChI=1S/C12H23NO/c1-12(14)8-4-2-5-9-13-10-6-3-7-11-13/h2-11H2,1H3. The van der Waals surface area contributed by atoms with Crippen molar-refractivity contribution in [3.8, 4) is 0 Å². The zero-order valence-electron chi connectivity index (χ0n) is 9.43. The first-order chi connectivity index (χ1) is 6.79. The highest BCUT2D eigenvalue weighted by molar-refractivity contribution is 5.75. The van der Waals surface area contributed by atoms with Gasteiger partial charge in [0.15, 0.2) is 0 Å². The summed E-state index contributed by atoms with van der Waals surface area (Å²) in [6, 6.07) is 0. The van der Waals surface area contributed by atoms with E-state index < -0.39 is 0 Å². The Morgan fingerprint density at radius 2 is 1.79 bits per heavy atom. The first kappa shape index (κ1) is 11.7. The van der Waals surface area contributed by atoms with E-state index >= 15 is 0 Å². The molecule has 0 bridgehead atoms. The van der Waals surface area contributed by atoms with Crippen molar-refractivity contribution in [2.45, 2.75) is 51.9 Å². The largest absolute Gasteiger partial charge is 0.303 e. The zero-order chi connectivity index (χ0) is 10.2. The molecule has 1 saturated heterocycles. The summed E-state index contributed by atoms with van der Waals surface area (Å²) in [5.41, 5.74) is 0. The van der Waals surface area contributed by atoms with Gasteiger partial charge in [-0.05, 0) is 52.2 Å². The maximum absolute atomic E-state index is 10.7. The van der Waals surface area contributed by atoms with Crippen LogP contribution in [0.4, 0.5) is 0 Å². The Kier molecular flexibility index (Phi) is 5.85. The van der Waals surface area contributed by atoms with Crippen LogP contribution in [0.2, 0.25) is 0 Å². The van der Waals surface area contributed by atoms with Gasteiger partial charge in [-0.25, -0.2) is 0 Å². The quantitative estimate of drug-likeness (QED) is 0.610. The molecule has 0 unspecified atom stereocenters. The van der Waals surface area contributed by atoms with Crippen molar-refractivity contribution in [1.29, 1.82) is 0 Å². The van der Waals surface area contributed by atoms with Gasteiger partial charge in [-0.15, -0.1) is 0 Å². The van der Waals surface area contributed by atoms with Gasteiger partial charge in [0.05, 0.1) is 0 Å². The van der Waals surface area contributed by atoms with Crippen molar-refractivity contribution in [3.63, 3.8) is 0 Å². The first-order valence-electron chi connectivity index (χ1n) is 6.01. The average molecular weight is 197 g/mol. The Hall–Kier alpha value is -0.370. The molecule has 1 aliphatic rings. The lowest BCUT2D eigenvalue weighted by atomic mass is 10.1. The van der Waals surface area contributed by atoms with Crippen LogP contribution in [0, 0.1) is 0 Å². The second kappa shape index (κ2) is 6.99. The van der Waals surface area contributed by atoms with Gasteiger partial charge >= 0.3 is 0 Å². The molecule has 0 spiro atoms. The number of piperidine rings is 1. The number of carbonyl (C=O) groups is 1. The van der Waals surface area contributed by atoms with Crippen molar-refractivity contribution < 1.29 is 4.79 Å². The van der Waals surface area contributed by atoms with Crippen molar-refractivity contribution in [1.82, 2.24) is 4.90 Å². The minimum atomic E-state index is 0.336. The van der Waals surface area contributed by atoms with E-state index in [2.05, 4.69) is 4.90 Å². The van der Waals surface area contributed by atoms with Gasteiger partial charge in [0.1, 0.15) is 5.78 Å². The van der Waals surface area contributed by atoms with Gasteiger partial charge in [0, 0.05) is 6.42 Å². The molecule has 0 aromatic heterocycles. The molecule has 0 amide bonds. The van der Waals surface area contributed by atoms with Crippen molar-refractivity contribution in [2.75, 3.05) is 19.6 Å². The van der Waals surface area contributed by atoms with Crippen LogP contribution in [0.15, 0.2) is 0 Å². The number of hydrogen-bond donors (Lipinski definition) is 0. The maximum atomic E-state index is 10.7. The Morgan fingerprint density at radius 3 is 2.43 bits per heavy atom. The van der Waals surface area contributed by atoms with Crippen molar-refractivity contribution >= 4 is 5.78 Å². The molecule has 0 aliphatic carbocycles. The molecule has 2 nitrogen and oxygen atoms in total. The first-order valence-corrected chi connectivity index (χ1v) is 6.01. The molecule has 14 heavy (non-hydrogen) atoms. The second-order valence-electron chi connectivity index (χ2n) is 4.41. The predicted molar refractivity (Wildman–Crippen MR) is 59.4 cm³/mol. The van der Waals surface area contributed by atoms with E-state index in [1.54, 1.807) is 6.92 Å². The molecule has 1 aliphatic heterocycles. The molecular formula is C12H23NO. The normalized spacial score (nSPS) is 18.4. The topological polar surface area (TPSA) is 20.3 Å². The van der Waals surface area contributed by atoms with E-state index in [0.717, 1.165) is 12.8 Å². The summed E-state index contributed by atoms with van der Waals surface area (Å²) in [7, 11) is 0. The highest BCUT2D eigenvalue weighted by Crippen LogP contribution is 2.10. The predicted octanol–water partition coefficient (Wildman–Crippen LogP) is 2.62. The fraction of sp³-hybridized carbons (Fsp3) is 0.917. The van der Waals surface area contributed by atoms with Crippen LogP contribution < -0.4 is 0 Å². The summed E-state index contributed by atoms with van der Waals surface area (Å²) in [6.45, 7) is 5.53. The van der Waals surface area contributed by atoms with Gasteiger partial charge in [-0.3, -0.25) is 0 Å². The molecule has 0 N–H and O–H groups in total. The number of rotatable bonds is 6. The molecule has 1 fully saturated rings. The smallest absolute Gasteiger partial charge is 0.129 e. The van der Waals surface area contributed by atoms with E-state index in [4.69, 9.17) is 0 Å². The summed E-state index contributed by atoms with van der Waals surface area (Å²) >= 11 is 0. The summed E-state index contributed by atoms with van der Waals surface area (Å²) in [6.07, 6.45) is 8.54. The second-order valence-corrected chi connectivity index (χ2v) is 4.41. The van der Waals surface area contributed by atoms with Gasteiger partial charge < -0.3 is 9.69 Å². The average Bonchev–Trinajstić information content (AvgIpc) is 2.18. The maximum Gasteiger partial charge on any atom is 0.129 e. The molecule has 1 heterocycles. The fourth-order valence-electron chi connectivity index (χ4n) is 2.07.